The van der Waals surface area contributed by atoms with Gasteiger partial charge in [-0.1, -0.05) is 44.5 Å². The number of carbonyl (C=O) groups excluding carboxylic acids is 1. The van der Waals surface area contributed by atoms with Gasteiger partial charge >= 0.3 is 11.9 Å². The van der Waals surface area contributed by atoms with Crippen molar-refractivity contribution in [3.8, 4) is 0 Å². The molecule has 1 aromatic heterocycles. The number of unbranched alkanes of at least 4 members (excludes halogenated alkanes) is 1. The van der Waals surface area contributed by atoms with Crippen molar-refractivity contribution in [2.45, 2.75) is 64.9 Å². The highest BCUT2D eigenvalue weighted by Gasteiger charge is 2.25. The predicted octanol–water partition coefficient (Wildman–Crippen LogP) is 4.65. The van der Waals surface area contributed by atoms with E-state index in [4.69, 9.17) is 13.6 Å². The van der Waals surface area contributed by atoms with Gasteiger partial charge in [0.25, 0.3) is 0 Å². The maximum absolute atomic E-state index is 12.4. The molecule has 1 saturated heterocycles. The summed E-state index contributed by atoms with van der Waals surface area (Å²) in [6, 6.07) is 8.72. The normalized spacial score (nSPS) is 15.0. The summed E-state index contributed by atoms with van der Waals surface area (Å²) in [5, 5.41) is 0. The van der Waals surface area contributed by atoms with Crippen molar-refractivity contribution >= 4 is 6.09 Å². The molecular weight excluding hydrogens is 358 g/mol. The van der Waals surface area contributed by atoms with Crippen LogP contribution in [0.25, 0.3) is 0 Å². The topological polar surface area (TPSA) is 72.9 Å². The first kappa shape index (κ1) is 20.2. The lowest BCUT2D eigenvalue weighted by molar-refractivity contribution is 0.0807. The van der Waals surface area contributed by atoms with Crippen molar-refractivity contribution in [3.63, 3.8) is 0 Å². The number of carbonyl (C=O) groups is 1. The zero-order valence-electron chi connectivity index (χ0n) is 16.7. The van der Waals surface area contributed by atoms with Crippen LogP contribution in [-0.2, 0) is 24.2 Å². The van der Waals surface area contributed by atoms with Crippen molar-refractivity contribution in [1.82, 2.24) is 4.90 Å². The lowest BCUT2D eigenvalue weighted by Crippen LogP contribution is -2.38. The Morgan fingerprint density at radius 2 is 1.93 bits per heavy atom. The zero-order chi connectivity index (χ0) is 19.9. The van der Waals surface area contributed by atoms with Crippen LogP contribution in [0.1, 0.15) is 68.1 Å². The summed E-state index contributed by atoms with van der Waals surface area (Å²) in [6.45, 7) is 5.48. The van der Waals surface area contributed by atoms with E-state index in [1.54, 1.807) is 4.90 Å². The SMILES string of the molecule is CCCCc1oc(=O)oc1COC(=O)N1CCC(c2cccc(CC)c2)CC1. The molecule has 152 valence electrons. The fraction of sp³-hybridized carbons (Fsp3) is 0.545. The second-order valence-corrected chi connectivity index (χ2v) is 7.32. The summed E-state index contributed by atoms with van der Waals surface area (Å²) >= 11 is 0. The Bertz CT molecular complexity index is 829. The van der Waals surface area contributed by atoms with Crippen molar-refractivity contribution in [2.24, 2.45) is 0 Å². The van der Waals surface area contributed by atoms with Crippen molar-refractivity contribution in [3.05, 3.63) is 57.5 Å². The van der Waals surface area contributed by atoms with Crippen LogP contribution in [0.2, 0.25) is 0 Å². The summed E-state index contributed by atoms with van der Waals surface area (Å²) in [5.74, 6) is 0.530. The molecule has 2 heterocycles. The number of benzene rings is 1. The van der Waals surface area contributed by atoms with Crippen LogP contribution in [0, 0.1) is 0 Å². The number of piperidine rings is 1. The van der Waals surface area contributed by atoms with Gasteiger partial charge in [-0.05, 0) is 42.7 Å². The van der Waals surface area contributed by atoms with Gasteiger partial charge in [-0.2, -0.15) is 0 Å². The fourth-order valence-electron chi connectivity index (χ4n) is 3.65. The average molecular weight is 387 g/mol. The van der Waals surface area contributed by atoms with Gasteiger partial charge in [-0.15, -0.1) is 0 Å². The highest BCUT2D eigenvalue weighted by Crippen LogP contribution is 2.29. The Kier molecular flexibility index (Phi) is 6.95. The van der Waals surface area contributed by atoms with E-state index in [0.717, 1.165) is 32.1 Å². The molecule has 28 heavy (non-hydrogen) atoms. The third kappa shape index (κ3) is 5.06. The van der Waals surface area contributed by atoms with Gasteiger partial charge in [0.1, 0.15) is 0 Å². The van der Waals surface area contributed by atoms with Crippen LogP contribution in [0.3, 0.4) is 0 Å². The van der Waals surface area contributed by atoms with Gasteiger partial charge in [-0.25, -0.2) is 9.59 Å². The van der Waals surface area contributed by atoms with Crippen molar-refractivity contribution in [1.29, 1.82) is 0 Å². The van der Waals surface area contributed by atoms with Crippen LogP contribution in [0.4, 0.5) is 4.79 Å². The monoisotopic (exact) mass is 387 g/mol. The van der Waals surface area contributed by atoms with E-state index in [9.17, 15) is 9.59 Å². The number of rotatable bonds is 7. The molecule has 1 amide bonds. The largest absolute Gasteiger partial charge is 0.519 e. The molecule has 0 bridgehead atoms. The summed E-state index contributed by atoms with van der Waals surface area (Å²) in [5.41, 5.74) is 2.70. The molecular formula is C22H29NO5. The lowest BCUT2D eigenvalue weighted by atomic mass is 9.88. The van der Waals surface area contributed by atoms with E-state index in [1.807, 2.05) is 0 Å². The molecule has 0 saturated carbocycles. The first-order chi connectivity index (χ1) is 13.6. The Morgan fingerprint density at radius 1 is 1.18 bits per heavy atom. The predicted molar refractivity (Wildman–Crippen MR) is 105 cm³/mol. The third-order valence-corrected chi connectivity index (χ3v) is 5.39. The van der Waals surface area contributed by atoms with Gasteiger partial charge in [0.05, 0.1) is 0 Å². The average Bonchev–Trinajstić information content (AvgIpc) is 3.10. The molecule has 2 aromatic rings. The Labute approximate surface area is 165 Å². The molecule has 0 radical (unpaired) electrons. The first-order valence-electron chi connectivity index (χ1n) is 10.2. The van der Waals surface area contributed by atoms with Gasteiger partial charge in [-0.3, -0.25) is 0 Å². The zero-order valence-corrected chi connectivity index (χ0v) is 16.7. The molecule has 3 rings (SSSR count). The van der Waals surface area contributed by atoms with Crippen molar-refractivity contribution < 1.29 is 18.4 Å². The molecule has 0 atom stereocenters. The molecule has 1 fully saturated rings. The fourth-order valence-corrected chi connectivity index (χ4v) is 3.65. The van der Waals surface area contributed by atoms with Gasteiger partial charge in [0.2, 0.25) is 0 Å². The van der Waals surface area contributed by atoms with E-state index in [-0.39, 0.29) is 12.7 Å². The number of aryl methyl sites for hydroxylation is 2. The highest BCUT2D eigenvalue weighted by atomic mass is 16.6. The summed E-state index contributed by atoms with van der Waals surface area (Å²) in [6.07, 6.45) is 4.97. The smallest absolute Gasteiger partial charge is 0.441 e. The molecule has 0 N–H and O–H groups in total. The van der Waals surface area contributed by atoms with Gasteiger partial charge < -0.3 is 18.5 Å². The van der Waals surface area contributed by atoms with E-state index in [1.165, 1.54) is 11.1 Å². The second-order valence-electron chi connectivity index (χ2n) is 7.32. The van der Waals surface area contributed by atoms with Crippen molar-refractivity contribution in [2.75, 3.05) is 13.1 Å². The van der Waals surface area contributed by atoms with E-state index in [2.05, 4.69) is 38.1 Å². The summed E-state index contributed by atoms with van der Waals surface area (Å²) in [4.78, 5) is 25.5. The second kappa shape index (κ2) is 9.62. The molecule has 1 aliphatic rings. The van der Waals surface area contributed by atoms with Gasteiger partial charge in [0, 0.05) is 19.5 Å². The molecule has 0 spiro atoms. The summed E-state index contributed by atoms with van der Waals surface area (Å²) < 4.78 is 15.5. The number of nitrogens with zero attached hydrogens (tertiary/aromatic N) is 1. The molecule has 0 aliphatic carbocycles. The molecule has 0 unspecified atom stereocenters. The minimum atomic E-state index is -0.743. The quantitative estimate of drug-likeness (QED) is 0.691. The van der Waals surface area contributed by atoms with Crippen LogP contribution in [0.15, 0.2) is 37.9 Å². The Hall–Kier alpha value is -2.50. The maximum Gasteiger partial charge on any atom is 0.519 e. The standard InChI is InChI=1S/C22H29NO5/c1-3-5-9-19-20(28-22(25)27-19)15-26-21(24)23-12-10-17(11-13-23)18-8-6-7-16(4-2)14-18/h6-8,14,17H,3-5,9-13,15H2,1-2H3. The third-order valence-electron chi connectivity index (χ3n) is 5.39. The molecule has 6 nitrogen and oxygen atoms in total. The Morgan fingerprint density at radius 3 is 2.64 bits per heavy atom. The van der Waals surface area contributed by atoms with E-state index >= 15 is 0 Å². The van der Waals surface area contributed by atoms with Gasteiger partial charge in [0.15, 0.2) is 18.1 Å². The van der Waals surface area contributed by atoms with E-state index < -0.39 is 5.82 Å². The molecule has 6 heteroatoms. The van der Waals surface area contributed by atoms with Crippen LogP contribution in [0.5, 0.6) is 0 Å². The van der Waals surface area contributed by atoms with Crippen LogP contribution in [-0.4, -0.2) is 24.1 Å². The number of likely N-dealkylation sites (tertiary alicyclic amines) is 1. The maximum atomic E-state index is 12.4. The number of ether oxygens (including phenoxy) is 1. The van der Waals surface area contributed by atoms with E-state index in [0.29, 0.717) is 36.9 Å². The lowest BCUT2D eigenvalue weighted by Gasteiger charge is -2.31. The highest BCUT2D eigenvalue weighted by molar-refractivity contribution is 5.67. The first-order valence-corrected chi connectivity index (χ1v) is 10.2. The molecule has 1 aromatic carbocycles. The van der Waals surface area contributed by atoms with Crippen LogP contribution < -0.4 is 5.82 Å². The minimum Gasteiger partial charge on any atom is -0.441 e. The number of hydrogen-bond donors (Lipinski definition) is 0. The Balaban J connectivity index is 1.51. The minimum absolute atomic E-state index is 0.0674. The van der Waals surface area contributed by atoms with Crippen LogP contribution >= 0.6 is 0 Å². The number of amides is 1. The summed E-state index contributed by atoms with van der Waals surface area (Å²) in [7, 11) is 0. The number of hydrogen-bond acceptors (Lipinski definition) is 5. The molecule has 1 aliphatic heterocycles.